The highest BCUT2D eigenvalue weighted by Gasteiger charge is 2.15. The zero-order valence-corrected chi connectivity index (χ0v) is 14.2. The molecule has 0 saturated heterocycles. The van der Waals surface area contributed by atoms with Gasteiger partial charge >= 0.3 is 0 Å². The number of amides is 1. The fraction of sp³-hybridized carbons (Fsp3) is 0.158. The molecule has 0 radical (unpaired) electrons. The number of methoxy groups -OCH3 is 1. The van der Waals surface area contributed by atoms with Crippen LogP contribution in [-0.2, 0) is 6.42 Å². The molecule has 2 aromatic carbocycles. The van der Waals surface area contributed by atoms with Gasteiger partial charge in [0.25, 0.3) is 5.91 Å². The molecule has 0 aliphatic rings. The molecule has 3 rings (SSSR count). The number of thiazole rings is 1. The van der Waals surface area contributed by atoms with Crippen molar-refractivity contribution in [1.82, 2.24) is 10.3 Å². The Morgan fingerprint density at radius 3 is 2.58 bits per heavy atom. The third-order valence-corrected chi connectivity index (χ3v) is 4.55. The number of carbonyl (C=O) groups is 1. The number of benzene rings is 2. The lowest BCUT2D eigenvalue weighted by atomic mass is 10.1. The number of aromatic nitrogens is 1. The maximum Gasteiger partial charge on any atom is 0.271 e. The van der Waals surface area contributed by atoms with Crippen molar-refractivity contribution >= 4 is 17.2 Å². The summed E-state index contributed by atoms with van der Waals surface area (Å²) in [6.07, 6.45) is 0.764. The van der Waals surface area contributed by atoms with E-state index in [0.29, 0.717) is 12.2 Å². The molecule has 5 heteroatoms. The summed E-state index contributed by atoms with van der Waals surface area (Å²) in [6, 6.07) is 17.7. The molecule has 1 heterocycles. The van der Waals surface area contributed by atoms with Crippen molar-refractivity contribution in [2.24, 2.45) is 0 Å². The van der Waals surface area contributed by atoms with Crippen LogP contribution < -0.4 is 10.1 Å². The Morgan fingerprint density at radius 1 is 1.12 bits per heavy atom. The van der Waals surface area contributed by atoms with E-state index in [2.05, 4.69) is 10.3 Å². The molecule has 1 N–H and O–H groups in total. The summed E-state index contributed by atoms with van der Waals surface area (Å²) >= 11 is 1.48. The Kier molecular flexibility index (Phi) is 5.23. The number of carbonyl (C=O) groups excluding carboxylic acids is 1. The molecule has 0 saturated carbocycles. The molecule has 1 aromatic heterocycles. The molecule has 24 heavy (non-hydrogen) atoms. The molecule has 1 amide bonds. The zero-order valence-electron chi connectivity index (χ0n) is 13.4. The largest absolute Gasteiger partial charge is 0.497 e. The van der Waals surface area contributed by atoms with Crippen molar-refractivity contribution in [1.29, 1.82) is 0 Å². The minimum absolute atomic E-state index is 0.136. The van der Waals surface area contributed by atoms with Crippen LogP contribution in [0.4, 0.5) is 0 Å². The van der Waals surface area contributed by atoms with E-state index in [-0.39, 0.29) is 5.91 Å². The van der Waals surface area contributed by atoms with Gasteiger partial charge in [-0.05, 0) is 29.7 Å². The molecule has 0 aliphatic carbocycles. The van der Waals surface area contributed by atoms with Gasteiger partial charge in [0.1, 0.15) is 11.4 Å². The Morgan fingerprint density at radius 2 is 1.88 bits per heavy atom. The van der Waals surface area contributed by atoms with Gasteiger partial charge in [-0.25, -0.2) is 4.98 Å². The molecule has 0 bridgehead atoms. The van der Waals surface area contributed by atoms with E-state index < -0.39 is 0 Å². The summed E-state index contributed by atoms with van der Waals surface area (Å²) < 4.78 is 5.14. The summed E-state index contributed by atoms with van der Waals surface area (Å²) in [4.78, 5) is 17.5. The smallest absolute Gasteiger partial charge is 0.271 e. The number of hydrogen-bond acceptors (Lipinski definition) is 4. The maximum atomic E-state index is 12.4. The molecular formula is C19H18N2O2S. The number of rotatable bonds is 6. The van der Waals surface area contributed by atoms with E-state index in [0.717, 1.165) is 28.2 Å². The first kappa shape index (κ1) is 16.2. The average molecular weight is 338 g/mol. The summed E-state index contributed by atoms with van der Waals surface area (Å²) in [5.74, 6) is 0.696. The quantitative estimate of drug-likeness (QED) is 0.744. The van der Waals surface area contributed by atoms with E-state index in [4.69, 9.17) is 4.74 Å². The number of nitrogens with zero attached hydrogens (tertiary/aromatic N) is 1. The zero-order chi connectivity index (χ0) is 16.8. The summed E-state index contributed by atoms with van der Waals surface area (Å²) in [5, 5.41) is 2.95. The van der Waals surface area contributed by atoms with Crippen LogP contribution in [0.3, 0.4) is 0 Å². The summed E-state index contributed by atoms with van der Waals surface area (Å²) in [5.41, 5.74) is 4.36. The van der Waals surface area contributed by atoms with Crippen LogP contribution in [-0.4, -0.2) is 24.5 Å². The van der Waals surface area contributed by atoms with Gasteiger partial charge in [0.2, 0.25) is 0 Å². The predicted molar refractivity (Wildman–Crippen MR) is 96.6 cm³/mol. The van der Waals surface area contributed by atoms with Gasteiger partial charge in [-0.3, -0.25) is 4.79 Å². The molecule has 3 aromatic rings. The lowest BCUT2D eigenvalue weighted by molar-refractivity contribution is 0.0950. The van der Waals surface area contributed by atoms with Crippen LogP contribution in [0.25, 0.3) is 10.4 Å². The van der Waals surface area contributed by atoms with Crippen LogP contribution in [0.15, 0.2) is 60.1 Å². The van der Waals surface area contributed by atoms with Gasteiger partial charge in [0, 0.05) is 6.54 Å². The molecule has 4 nitrogen and oxygen atoms in total. The van der Waals surface area contributed by atoms with Crippen molar-refractivity contribution in [3.63, 3.8) is 0 Å². The normalized spacial score (nSPS) is 10.4. The Hall–Kier alpha value is -2.66. The second-order valence-corrected chi connectivity index (χ2v) is 6.10. The Labute approximate surface area is 145 Å². The second-order valence-electron chi connectivity index (χ2n) is 5.25. The molecule has 122 valence electrons. The van der Waals surface area contributed by atoms with Gasteiger partial charge in [0.15, 0.2) is 0 Å². The van der Waals surface area contributed by atoms with Crippen LogP contribution in [0, 0.1) is 0 Å². The lowest BCUT2D eigenvalue weighted by Crippen LogP contribution is -2.26. The third-order valence-electron chi connectivity index (χ3n) is 3.68. The monoisotopic (exact) mass is 338 g/mol. The Balaban J connectivity index is 1.61. The Bertz CT molecular complexity index is 798. The first-order chi connectivity index (χ1) is 11.8. The first-order valence-electron chi connectivity index (χ1n) is 7.68. The number of hydrogen-bond donors (Lipinski definition) is 1. The van der Waals surface area contributed by atoms with Crippen molar-refractivity contribution < 1.29 is 9.53 Å². The molecule has 0 atom stereocenters. The highest BCUT2D eigenvalue weighted by molar-refractivity contribution is 7.13. The third kappa shape index (κ3) is 3.81. The standard InChI is InChI=1S/C19H18N2O2S/c1-23-16-9-7-14(8-10-16)11-12-20-19(22)17-18(24-13-21-17)15-5-3-2-4-6-15/h2-10,13H,11-12H2,1H3,(H,20,22). The fourth-order valence-electron chi connectivity index (χ4n) is 2.40. The minimum atomic E-state index is -0.136. The predicted octanol–water partition coefficient (Wildman–Crippen LogP) is 3.79. The summed E-state index contributed by atoms with van der Waals surface area (Å²) in [6.45, 7) is 0.566. The van der Waals surface area contributed by atoms with Gasteiger partial charge in [-0.2, -0.15) is 0 Å². The van der Waals surface area contributed by atoms with E-state index in [1.54, 1.807) is 12.6 Å². The SMILES string of the molecule is COc1ccc(CCNC(=O)c2ncsc2-c2ccccc2)cc1. The van der Waals surface area contributed by atoms with Crippen LogP contribution in [0.5, 0.6) is 5.75 Å². The van der Waals surface area contributed by atoms with Crippen molar-refractivity contribution in [3.05, 3.63) is 71.4 Å². The van der Waals surface area contributed by atoms with Gasteiger partial charge in [-0.1, -0.05) is 42.5 Å². The molecule has 0 unspecified atom stereocenters. The average Bonchev–Trinajstić information content (AvgIpc) is 3.13. The van der Waals surface area contributed by atoms with Crippen LogP contribution in [0.2, 0.25) is 0 Å². The van der Waals surface area contributed by atoms with Crippen molar-refractivity contribution in [2.45, 2.75) is 6.42 Å². The topological polar surface area (TPSA) is 51.2 Å². The number of ether oxygens (including phenoxy) is 1. The molecular weight excluding hydrogens is 320 g/mol. The second kappa shape index (κ2) is 7.75. The van der Waals surface area contributed by atoms with Gasteiger partial charge < -0.3 is 10.1 Å². The molecule has 0 spiro atoms. The number of nitrogens with one attached hydrogen (secondary N) is 1. The van der Waals surface area contributed by atoms with E-state index >= 15 is 0 Å². The first-order valence-corrected chi connectivity index (χ1v) is 8.56. The van der Waals surface area contributed by atoms with E-state index in [9.17, 15) is 4.79 Å². The maximum absolute atomic E-state index is 12.4. The van der Waals surface area contributed by atoms with Crippen LogP contribution >= 0.6 is 11.3 Å². The highest BCUT2D eigenvalue weighted by Crippen LogP contribution is 2.27. The van der Waals surface area contributed by atoms with E-state index in [1.165, 1.54) is 11.3 Å². The lowest BCUT2D eigenvalue weighted by Gasteiger charge is -2.06. The van der Waals surface area contributed by atoms with Crippen molar-refractivity contribution in [2.75, 3.05) is 13.7 Å². The van der Waals surface area contributed by atoms with Crippen molar-refractivity contribution in [3.8, 4) is 16.2 Å². The highest BCUT2D eigenvalue weighted by atomic mass is 32.1. The fourth-order valence-corrected chi connectivity index (χ4v) is 3.19. The van der Waals surface area contributed by atoms with Gasteiger partial charge in [0.05, 0.1) is 17.5 Å². The van der Waals surface area contributed by atoms with E-state index in [1.807, 2.05) is 54.6 Å². The summed E-state index contributed by atoms with van der Waals surface area (Å²) in [7, 11) is 1.65. The molecule has 0 fully saturated rings. The van der Waals surface area contributed by atoms with Gasteiger partial charge in [-0.15, -0.1) is 11.3 Å². The van der Waals surface area contributed by atoms with Crippen LogP contribution in [0.1, 0.15) is 16.1 Å². The minimum Gasteiger partial charge on any atom is -0.497 e. The molecule has 0 aliphatic heterocycles.